The molecule has 0 unspecified atom stereocenters. The lowest BCUT2D eigenvalue weighted by molar-refractivity contribution is 0.424. The van der Waals surface area contributed by atoms with Crippen LogP contribution in [0, 0.1) is 0 Å². The van der Waals surface area contributed by atoms with E-state index in [1.54, 1.807) is 37.2 Å². The number of hydrogen-bond acceptors (Lipinski definition) is 7. The second-order valence-corrected chi connectivity index (χ2v) is 5.87. The Bertz CT molecular complexity index is 814. The highest BCUT2D eigenvalue weighted by Crippen LogP contribution is 2.33. The first-order valence-electron chi connectivity index (χ1n) is 8.31. The molecule has 4 rings (SSSR count). The van der Waals surface area contributed by atoms with E-state index in [0.717, 1.165) is 37.6 Å². The number of anilines is 1. The summed E-state index contributed by atoms with van der Waals surface area (Å²) in [5.74, 6) is 2.17. The average Bonchev–Trinajstić information content (AvgIpc) is 2.70. The molecule has 0 saturated carbocycles. The van der Waals surface area contributed by atoms with E-state index in [4.69, 9.17) is 4.74 Å². The molecule has 0 bridgehead atoms. The molecule has 126 valence electrons. The molecule has 7 heteroatoms. The lowest BCUT2D eigenvalue weighted by atomic mass is 9.95. The number of piperidine rings is 1. The van der Waals surface area contributed by atoms with Crippen molar-refractivity contribution < 1.29 is 4.74 Å². The van der Waals surface area contributed by atoms with Gasteiger partial charge in [-0.2, -0.15) is 0 Å². The van der Waals surface area contributed by atoms with E-state index in [2.05, 4.69) is 29.8 Å². The van der Waals surface area contributed by atoms with Crippen LogP contribution in [-0.2, 0) is 0 Å². The molecule has 0 radical (unpaired) electrons. The van der Waals surface area contributed by atoms with Gasteiger partial charge in [-0.15, -0.1) is 0 Å². The van der Waals surface area contributed by atoms with E-state index in [1.165, 1.54) is 0 Å². The fraction of sp³-hybridized carbons (Fsp3) is 0.278. The Labute approximate surface area is 145 Å². The van der Waals surface area contributed by atoms with Gasteiger partial charge in [0.25, 0.3) is 0 Å². The first-order chi connectivity index (χ1) is 12.4. The summed E-state index contributed by atoms with van der Waals surface area (Å²) in [4.78, 5) is 23.9. The third kappa shape index (κ3) is 3.55. The van der Waals surface area contributed by atoms with E-state index in [0.29, 0.717) is 11.6 Å². The summed E-state index contributed by atoms with van der Waals surface area (Å²) in [5.41, 5.74) is 0.868. The summed E-state index contributed by atoms with van der Waals surface area (Å²) < 4.78 is 5.92. The highest BCUT2D eigenvalue weighted by Gasteiger charge is 2.27. The first-order valence-corrected chi connectivity index (χ1v) is 8.31. The van der Waals surface area contributed by atoms with Gasteiger partial charge in [-0.3, -0.25) is 9.97 Å². The maximum absolute atomic E-state index is 5.92. The minimum absolute atomic E-state index is 0.220. The molecule has 3 aromatic heterocycles. The molecule has 3 aromatic rings. The molecule has 4 heterocycles. The SMILES string of the molecule is c1cnc(N2CCC[C@@H](c3nccnc3Oc3cccnc3)C2)nc1. The highest BCUT2D eigenvalue weighted by atomic mass is 16.5. The molecular formula is C18H18N6O. The van der Waals surface area contributed by atoms with Crippen molar-refractivity contribution in [1.82, 2.24) is 24.9 Å². The van der Waals surface area contributed by atoms with Crippen LogP contribution in [0.3, 0.4) is 0 Å². The third-order valence-corrected chi connectivity index (χ3v) is 4.18. The molecule has 0 spiro atoms. The fourth-order valence-electron chi connectivity index (χ4n) is 3.05. The molecule has 1 fully saturated rings. The van der Waals surface area contributed by atoms with Crippen LogP contribution < -0.4 is 9.64 Å². The number of aromatic nitrogens is 5. The lowest BCUT2D eigenvalue weighted by Gasteiger charge is -2.32. The van der Waals surface area contributed by atoms with Crippen LogP contribution in [0.15, 0.2) is 55.4 Å². The normalized spacial score (nSPS) is 17.3. The Kier molecular flexibility index (Phi) is 4.45. The molecule has 0 aromatic carbocycles. The van der Waals surface area contributed by atoms with E-state index < -0.39 is 0 Å². The summed E-state index contributed by atoms with van der Waals surface area (Å²) in [6.45, 7) is 1.74. The van der Waals surface area contributed by atoms with Crippen molar-refractivity contribution in [2.75, 3.05) is 18.0 Å². The summed E-state index contributed by atoms with van der Waals surface area (Å²) in [5, 5.41) is 0. The summed E-state index contributed by atoms with van der Waals surface area (Å²) in [6, 6.07) is 5.52. The van der Waals surface area contributed by atoms with Gasteiger partial charge in [-0.05, 0) is 31.0 Å². The molecule has 1 aliphatic rings. The zero-order chi connectivity index (χ0) is 16.9. The molecule has 25 heavy (non-hydrogen) atoms. The van der Waals surface area contributed by atoms with Crippen molar-refractivity contribution in [1.29, 1.82) is 0 Å². The van der Waals surface area contributed by atoms with Crippen LogP contribution in [0.2, 0.25) is 0 Å². The van der Waals surface area contributed by atoms with Crippen LogP contribution >= 0.6 is 0 Å². The zero-order valence-electron chi connectivity index (χ0n) is 13.7. The number of nitrogens with zero attached hydrogens (tertiary/aromatic N) is 6. The van der Waals surface area contributed by atoms with Crippen LogP contribution in [-0.4, -0.2) is 38.0 Å². The van der Waals surface area contributed by atoms with E-state index in [-0.39, 0.29) is 5.92 Å². The van der Waals surface area contributed by atoms with Gasteiger partial charge in [0, 0.05) is 50.0 Å². The van der Waals surface area contributed by atoms with Gasteiger partial charge in [-0.1, -0.05) is 0 Å². The molecule has 0 aliphatic carbocycles. The molecular weight excluding hydrogens is 316 g/mol. The van der Waals surface area contributed by atoms with Crippen molar-refractivity contribution in [2.45, 2.75) is 18.8 Å². The average molecular weight is 334 g/mol. The summed E-state index contributed by atoms with van der Waals surface area (Å²) >= 11 is 0. The zero-order valence-corrected chi connectivity index (χ0v) is 13.7. The summed E-state index contributed by atoms with van der Waals surface area (Å²) in [7, 11) is 0. The minimum Gasteiger partial charge on any atom is -0.436 e. The number of hydrogen-bond donors (Lipinski definition) is 0. The smallest absolute Gasteiger partial charge is 0.241 e. The van der Waals surface area contributed by atoms with E-state index in [9.17, 15) is 0 Å². The number of pyridine rings is 1. The van der Waals surface area contributed by atoms with Gasteiger partial charge in [0.2, 0.25) is 11.8 Å². The largest absolute Gasteiger partial charge is 0.436 e. The van der Waals surface area contributed by atoms with Crippen molar-refractivity contribution in [2.24, 2.45) is 0 Å². The molecule has 1 aliphatic heterocycles. The Morgan fingerprint density at radius 1 is 0.960 bits per heavy atom. The molecule has 1 saturated heterocycles. The standard InChI is InChI=1S/C18H18N6O/c1-5-15(12-19-6-1)25-17-16(20-9-10-21-17)14-4-2-11-24(13-14)18-22-7-3-8-23-18/h1,3,5-10,12,14H,2,4,11,13H2/t14-/m1/s1. The number of rotatable bonds is 4. The van der Waals surface area contributed by atoms with Gasteiger partial charge in [-0.25, -0.2) is 15.0 Å². The molecule has 1 atom stereocenters. The van der Waals surface area contributed by atoms with Crippen LogP contribution in [0.25, 0.3) is 0 Å². The van der Waals surface area contributed by atoms with Crippen molar-refractivity contribution in [3.63, 3.8) is 0 Å². The Hall–Kier alpha value is -3.09. The quantitative estimate of drug-likeness (QED) is 0.726. The molecule has 0 amide bonds. The minimum atomic E-state index is 0.220. The Morgan fingerprint density at radius 3 is 2.68 bits per heavy atom. The fourth-order valence-corrected chi connectivity index (χ4v) is 3.05. The third-order valence-electron chi connectivity index (χ3n) is 4.18. The maximum atomic E-state index is 5.92. The second-order valence-electron chi connectivity index (χ2n) is 5.87. The van der Waals surface area contributed by atoms with Gasteiger partial charge in [0.15, 0.2) is 0 Å². The summed E-state index contributed by atoms with van der Waals surface area (Å²) in [6.07, 6.45) is 12.4. The predicted octanol–water partition coefficient (Wildman–Crippen LogP) is 2.84. The Balaban J connectivity index is 1.57. The van der Waals surface area contributed by atoms with Gasteiger partial charge < -0.3 is 9.64 Å². The highest BCUT2D eigenvalue weighted by molar-refractivity contribution is 5.34. The van der Waals surface area contributed by atoms with E-state index >= 15 is 0 Å². The Morgan fingerprint density at radius 2 is 1.84 bits per heavy atom. The molecule has 0 N–H and O–H groups in total. The van der Waals surface area contributed by atoms with Crippen LogP contribution in [0.5, 0.6) is 11.6 Å². The van der Waals surface area contributed by atoms with Gasteiger partial charge in [0.05, 0.1) is 6.20 Å². The van der Waals surface area contributed by atoms with Crippen molar-refractivity contribution in [3.05, 3.63) is 61.1 Å². The maximum Gasteiger partial charge on any atom is 0.241 e. The number of ether oxygens (including phenoxy) is 1. The first kappa shape index (κ1) is 15.4. The predicted molar refractivity (Wildman–Crippen MR) is 92.6 cm³/mol. The van der Waals surface area contributed by atoms with Crippen molar-refractivity contribution in [3.8, 4) is 11.6 Å². The molecule has 7 nitrogen and oxygen atoms in total. The van der Waals surface area contributed by atoms with Gasteiger partial charge >= 0.3 is 0 Å². The van der Waals surface area contributed by atoms with Crippen molar-refractivity contribution >= 4 is 5.95 Å². The second kappa shape index (κ2) is 7.21. The van der Waals surface area contributed by atoms with Gasteiger partial charge in [0.1, 0.15) is 11.4 Å². The monoisotopic (exact) mass is 334 g/mol. The van der Waals surface area contributed by atoms with E-state index in [1.807, 2.05) is 18.2 Å². The van der Waals surface area contributed by atoms with Crippen LogP contribution in [0.1, 0.15) is 24.5 Å². The van der Waals surface area contributed by atoms with Crippen LogP contribution in [0.4, 0.5) is 5.95 Å². The lowest BCUT2D eigenvalue weighted by Crippen LogP contribution is -2.36. The topological polar surface area (TPSA) is 76.9 Å².